The van der Waals surface area contributed by atoms with Gasteiger partial charge in [-0.3, -0.25) is 4.55 Å². The van der Waals surface area contributed by atoms with Gasteiger partial charge in [-0.15, -0.1) is 12.8 Å². The Kier molecular flexibility index (Phi) is 5.19. The molecule has 1 N–H and O–H groups in total. The second-order valence-corrected chi connectivity index (χ2v) is 4.00. The summed E-state index contributed by atoms with van der Waals surface area (Å²) in [7, 11) is -4.02. The Labute approximate surface area is 89.9 Å². The van der Waals surface area contributed by atoms with E-state index in [1.54, 1.807) is 12.1 Å². The summed E-state index contributed by atoms with van der Waals surface area (Å²) in [6, 6.07) is 5.99. The van der Waals surface area contributed by atoms with E-state index in [-0.39, 0.29) is 4.90 Å². The Morgan fingerprint density at radius 3 is 1.80 bits per heavy atom. The maximum absolute atomic E-state index is 10.5. The number of hydrogen-bond donors (Lipinski definition) is 1. The smallest absolute Gasteiger partial charge is 0.282 e. The molecule has 0 aliphatic rings. The maximum atomic E-state index is 10.5. The van der Waals surface area contributed by atoms with Crippen LogP contribution in [0.4, 0.5) is 0 Å². The van der Waals surface area contributed by atoms with Gasteiger partial charge in [-0.25, -0.2) is 0 Å². The molecule has 0 unspecified atom stereocenters. The molecule has 1 rings (SSSR count). The monoisotopic (exact) mass is 222 g/mol. The number of terminal acetylenes is 2. The van der Waals surface area contributed by atoms with Crippen LogP contribution in [0.25, 0.3) is 0 Å². The average Bonchev–Trinajstić information content (AvgIpc) is 2.17. The van der Waals surface area contributed by atoms with Crippen molar-refractivity contribution in [2.75, 3.05) is 0 Å². The lowest BCUT2D eigenvalue weighted by Crippen LogP contribution is -1.96. The van der Waals surface area contributed by atoms with E-state index in [0.29, 0.717) is 0 Å². The second kappa shape index (κ2) is 5.87. The van der Waals surface area contributed by atoms with Crippen molar-refractivity contribution in [2.24, 2.45) is 0 Å². The SMILES string of the molecule is C#CC#C.Cc1ccc(S(=O)(=O)O)cc1. The molecule has 0 amide bonds. The molecule has 0 bridgehead atoms. The molecule has 1 aromatic carbocycles. The first-order valence-corrected chi connectivity index (χ1v) is 5.31. The zero-order chi connectivity index (χ0) is 11.9. The highest BCUT2D eigenvalue weighted by atomic mass is 32.2. The third-order valence-electron chi connectivity index (χ3n) is 1.40. The lowest BCUT2D eigenvalue weighted by Gasteiger charge is -1.95. The van der Waals surface area contributed by atoms with Gasteiger partial charge in [0, 0.05) is 0 Å². The summed E-state index contributed by atoms with van der Waals surface area (Å²) in [5.41, 5.74) is 0.956. The fourth-order valence-corrected chi connectivity index (χ4v) is 1.19. The van der Waals surface area contributed by atoms with Crippen LogP contribution < -0.4 is 0 Å². The molecule has 3 nitrogen and oxygen atoms in total. The fraction of sp³-hybridized carbons (Fsp3) is 0.0909. The minimum absolute atomic E-state index is 0.0666. The van der Waals surface area contributed by atoms with E-state index in [2.05, 4.69) is 12.8 Å². The first-order valence-electron chi connectivity index (χ1n) is 3.87. The van der Waals surface area contributed by atoms with Crippen LogP contribution in [-0.4, -0.2) is 13.0 Å². The van der Waals surface area contributed by atoms with Crippen LogP contribution in [-0.2, 0) is 10.1 Å². The first kappa shape index (κ1) is 13.2. The summed E-state index contributed by atoms with van der Waals surface area (Å²) in [6.45, 7) is 1.84. The van der Waals surface area contributed by atoms with Crippen LogP contribution in [0.15, 0.2) is 29.2 Å². The molecule has 78 valence electrons. The molecule has 0 saturated heterocycles. The maximum Gasteiger partial charge on any atom is 0.294 e. The predicted molar refractivity (Wildman–Crippen MR) is 58.7 cm³/mol. The molecule has 0 spiro atoms. The van der Waals surface area contributed by atoms with Crippen molar-refractivity contribution in [3.8, 4) is 24.7 Å². The normalized spacial score (nSPS) is 9.07. The van der Waals surface area contributed by atoms with E-state index in [1.807, 2.05) is 18.8 Å². The highest BCUT2D eigenvalue weighted by Gasteiger charge is 2.06. The van der Waals surface area contributed by atoms with Gasteiger partial charge in [0.25, 0.3) is 10.1 Å². The van der Waals surface area contributed by atoms with Crippen molar-refractivity contribution in [2.45, 2.75) is 11.8 Å². The Morgan fingerprint density at radius 1 is 1.13 bits per heavy atom. The molecule has 0 aromatic heterocycles. The molecule has 0 aliphatic heterocycles. The summed E-state index contributed by atoms with van der Waals surface area (Å²) in [6.07, 6.45) is 9.08. The quantitative estimate of drug-likeness (QED) is 0.578. The minimum atomic E-state index is -4.02. The van der Waals surface area contributed by atoms with Crippen LogP contribution >= 0.6 is 0 Å². The first-order chi connectivity index (χ1) is 6.91. The standard InChI is InChI=1S/C7H8O3S.C4H2/c1-6-2-4-7(5-3-6)11(8,9)10;1-3-4-2/h2-5H,1H3,(H,8,9,10);1-2H. The summed E-state index contributed by atoms with van der Waals surface area (Å²) >= 11 is 0. The molecule has 0 radical (unpaired) electrons. The van der Waals surface area contributed by atoms with Crippen LogP contribution in [0.2, 0.25) is 0 Å². The van der Waals surface area contributed by atoms with E-state index in [4.69, 9.17) is 4.55 Å². The van der Waals surface area contributed by atoms with E-state index in [9.17, 15) is 8.42 Å². The molecule has 0 atom stereocenters. The van der Waals surface area contributed by atoms with Crippen LogP contribution in [0, 0.1) is 31.6 Å². The van der Waals surface area contributed by atoms with Gasteiger partial charge in [-0.1, -0.05) is 17.7 Å². The second-order valence-electron chi connectivity index (χ2n) is 2.58. The van der Waals surface area contributed by atoms with Crippen LogP contribution in [0.3, 0.4) is 0 Å². The average molecular weight is 222 g/mol. The summed E-state index contributed by atoms with van der Waals surface area (Å²) in [4.78, 5) is -0.0666. The van der Waals surface area contributed by atoms with Gasteiger partial charge in [0.1, 0.15) is 0 Å². The Hall–Kier alpha value is -1.75. The molecule has 0 fully saturated rings. The zero-order valence-electron chi connectivity index (χ0n) is 8.14. The van der Waals surface area contributed by atoms with Gasteiger partial charge >= 0.3 is 0 Å². The Balaban J connectivity index is 0.000000423. The largest absolute Gasteiger partial charge is 0.294 e. The van der Waals surface area contributed by atoms with Gasteiger partial charge in [-0.05, 0) is 30.9 Å². The molecule has 0 saturated carbocycles. The van der Waals surface area contributed by atoms with Crippen molar-refractivity contribution in [1.29, 1.82) is 0 Å². The van der Waals surface area contributed by atoms with E-state index in [1.165, 1.54) is 12.1 Å². The van der Waals surface area contributed by atoms with Crippen molar-refractivity contribution >= 4 is 10.1 Å². The van der Waals surface area contributed by atoms with E-state index < -0.39 is 10.1 Å². The summed E-state index contributed by atoms with van der Waals surface area (Å²) in [5, 5.41) is 0. The van der Waals surface area contributed by atoms with E-state index >= 15 is 0 Å². The van der Waals surface area contributed by atoms with Crippen molar-refractivity contribution in [3.63, 3.8) is 0 Å². The van der Waals surface area contributed by atoms with Gasteiger partial charge in [0.05, 0.1) is 4.90 Å². The van der Waals surface area contributed by atoms with Crippen LogP contribution in [0.1, 0.15) is 5.56 Å². The number of benzene rings is 1. The Bertz CT molecular complexity index is 472. The molecule has 0 heterocycles. The zero-order valence-corrected chi connectivity index (χ0v) is 8.95. The van der Waals surface area contributed by atoms with Crippen molar-refractivity contribution < 1.29 is 13.0 Å². The highest BCUT2D eigenvalue weighted by Crippen LogP contribution is 2.08. The summed E-state index contributed by atoms with van der Waals surface area (Å²) < 4.78 is 29.6. The van der Waals surface area contributed by atoms with Gasteiger partial charge in [0.15, 0.2) is 0 Å². The van der Waals surface area contributed by atoms with E-state index in [0.717, 1.165) is 5.56 Å². The lowest BCUT2D eigenvalue weighted by atomic mass is 10.2. The number of rotatable bonds is 1. The Morgan fingerprint density at radius 2 is 1.53 bits per heavy atom. The molecular weight excluding hydrogens is 212 g/mol. The number of aryl methyl sites for hydroxylation is 1. The predicted octanol–water partition coefficient (Wildman–Crippen LogP) is 1.49. The fourth-order valence-electron chi connectivity index (χ4n) is 0.710. The minimum Gasteiger partial charge on any atom is -0.282 e. The van der Waals surface area contributed by atoms with Crippen molar-refractivity contribution in [1.82, 2.24) is 0 Å². The van der Waals surface area contributed by atoms with Gasteiger partial charge in [-0.2, -0.15) is 8.42 Å². The lowest BCUT2D eigenvalue weighted by molar-refractivity contribution is 0.483. The van der Waals surface area contributed by atoms with Gasteiger partial charge in [0.2, 0.25) is 0 Å². The molecule has 1 aromatic rings. The molecule has 15 heavy (non-hydrogen) atoms. The molecule has 4 heteroatoms. The van der Waals surface area contributed by atoms with Crippen LogP contribution in [0.5, 0.6) is 0 Å². The third kappa shape index (κ3) is 5.53. The topological polar surface area (TPSA) is 54.4 Å². The molecular formula is C11H10O3S. The molecule has 0 aliphatic carbocycles. The highest BCUT2D eigenvalue weighted by molar-refractivity contribution is 7.85. The summed E-state index contributed by atoms with van der Waals surface area (Å²) in [5.74, 6) is 3.92. The van der Waals surface area contributed by atoms with Crippen molar-refractivity contribution in [3.05, 3.63) is 29.8 Å². The van der Waals surface area contributed by atoms with Gasteiger partial charge < -0.3 is 0 Å². The third-order valence-corrected chi connectivity index (χ3v) is 2.27. The number of hydrogen-bond acceptors (Lipinski definition) is 2.